The number of nitrogens with one attached hydrogen (secondary N) is 1. The fraction of sp³-hybridized carbons (Fsp3) is 0.312. The molecule has 1 aliphatic carbocycles. The third-order valence-corrected chi connectivity index (χ3v) is 9.07. The second-order valence-electron chi connectivity index (χ2n) is 10.0. The van der Waals surface area contributed by atoms with Crippen LogP contribution in [0.5, 0.6) is 11.5 Å². The van der Waals surface area contributed by atoms with Crippen LogP contribution in [0.2, 0.25) is 0 Å². The van der Waals surface area contributed by atoms with Crippen molar-refractivity contribution in [3.63, 3.8) is 0 Å². The Balaban J connectivity index is 1.27. The number of rotatable bonds is 11. The molecule has 1 saturated heterocycles. The molecule has 2 aromatic carbocycles. The fourth-order valence-corrected chi connectivity index (χ4v) is 7.05. The number of carbonyl (C=O) groups is 4. The Labute approximate surface area is 262 Å². The molecule has 2 heterocycles. The lowest BCUT2D eigenvalue weighted by atomic mass is 9.95. The number of benzene rings is 2. The number of esters is 1. The molecular weight excluding hydrogens is 607 g/mol. The molecule has 0 radical (unpaired) electrons. The third-order valence-electron chi connectivity index (χ3n) is 6.95. The van der Waals surface area contributed by atoms with Gasteiger partial charge in [-0.1, -0.05) is 18.2 Å². The van der Waals surface area contributed by atoms with E-state index in [9.17, 15) is 23.6 Å². The Morgan fingerprint density at radius 2 is 1.77 bits per heavy atom. The van der Waals surface area contributed by atoms with E-state index in [1.807, 2.05) is 6.92 Å². The van der Waals surface area contributed by atoms with E-state index in [4.69, 9.17) is 14.2 Å². The monoisotopic (exact) mass is 638 g/mol. The molecule has 0 bridgehead atoms. The van der Waals surface area contributed by atoms with E-state index >= 15 is 0 Å². The van der Waals surface area contributed by atoms with Gasteiger partial charge in [0.15, 0.2) is 11.5 Å². The van der Waals surface area contributed by atoms with Gasteiger partial charge in [-0.05, 0) is 98.3 Å². The zero-order valence-corrected chi connectivity index (χ0v) is 25.9. The molecule has 0 unspecified atom stereocenters. The van der Waals surface area contributed by atoms with E-state index < -0.39 is 29.6 Å². The lowest BCUT2D eigenvalue weighted by Gasteiger charge is -2.14. The summed E-state index contributed by atoms with van der Waals surface area (Å²) in [5, 5.41) is 2.56. The second-order valence-corrected chi connectivity index (χ2v) is 12.1. The summed E-state index contributed by atoms with van der Waals surface area (Å²) in [5.41, 5.74) is 2.65. The number of fused-ring (bicyclic) bond motifs is 1. The molecule has 230 valence electrons. The standard InChI is InChI=1S/C32H31FN2O7S2/c1-3-40-24-15-20(11-14-23(24)42-18-19-9-12-21(33)13-10-19)16-26-30(37)35(32(39)44-26)17-27(36)34-29-28(31(38)41-4-2)22-7-5-6-8-25(22)43-29/h9-16H,3-8,17-18H2,1-2H3,(H,34,36). The number of amides is 3. The molecule has 0 spiro atoms. The average molecular weight is 639 g/mol. The predicted octanol–water partition coefficient (Wildman–Crippen LogP) is 6.60. The Hall–Kier alpha value is -4.16. The average Bonchev–Trinajstić information content (AvgIpc) is 3.49. The van der Waals surface area contributed by atoms with Crippen molar-refractivity contribution >= 4 is 57.2 Å². The number of hydrogen-bond donors (Lipinski definition) is 1. The fourth-order valence-electron chi connectivity index (χ4n) is 4.91. The molecule has 3 aromatic rings. The van der Waals surface area contributed by atoms with Crippen LogP contribution in [-0.4, -0.2) is 47.7 Å². The van der Waals surface area contributed by atoms with Crippen molar-refractivity contribution in [1.29, 1.82) is 0 Å². The number of thioether (sulfide) groups is 1. The van der Waals surface area contributed by atoms with Gasteiger partial charge in [0.1, 0.15) is 24.0 Å². The van der Waals surface area contributed by atoms with Crippen molar-refractivity contribution in [3.05, 3.63) is 80.3 Å². The van der Waals surface area contributed by atoms with Crippen LogP contribution in [0.25, 0.3) is 6.08 Å². The molecule has 1 fully saturated rings. The van der Waals surface area contributed by atoms with Gasteiger partial charge in [-0.15, -0.1) is 11.3 Å². The first-order valence-corrected chi connectivity index (χ1v) is 15.9. The summed E-state index contributed by atoms with van der Waals surface area (Å²) >= 11 is 2.08. The Bertz CT molecular complexity index is 1620. The van der Waals surface area contributed by atoms with Crippen LogP contribution >= 0.6 is 23.1 Å². The molecule has 1 N–H and O–H groups in total. The van der Waals surface area contributed by atoms with Gasteiger partial charge < -0.3 is 19.5 Å². The summed E-state index contributed by atoms with van der Waals surface area (Å²) < 4.78 is 30.1. The number of anilines is 1. The van der Waals surface area contributed by atoms with Gasteiger partial charge in [0.05, 0.1) is 23.7 Å². The van der Waals surface area contributed by atoms with E-state index in [1.165, 1.54) is 23.5 Å². The smallest absolute Gasteiger partial charge is 0.341 e. The number of imide groups is 1. The first-order valence-electron chi connectivity index (χ1n) is 14.3. The number of thiophene rings is 1. The first-order chi connectivity index (χ1) is 21.3. The maximum atomic E-state index is 13.2. The Kier molecular flexibility index (Phi) is 10.0. The lowest BCUT2D eigenvalue weighted by Crippen LogP contribution is -2.36. The number of nitrogens with zero attached hydrogens (tertiary/aromatic N) is 1. The van der Waals surface area contributed by atoms with Crippen LogP contribution in [-0.2, 0) is 33.8 Å². The minimum absolute atomic E-state index is 0.157. The zero-order valence-electron chi connectivity index (χ0n) is 24.3. The summed E-state index contributed by atoms with van der Waals surface area (Å²) in [6, 6.07) is 11.1. The van der Waals surface area contributed by atoms with Crippen LogP contribution in [0, 0.1) is 5.82 Å². The molecule has 1 aliphatic heterocycles. The van der Waals surface area contributed by atoms with Crippen LogP contribution in [0.3, 0.4) is 0 Å². The molecule has 0 atom stereocenters. The molecule has 1 aromatic heterocycles. The van der Waals surface area contributed by atoms with Gasteiger partial charge in [0.25, 0.3) is 11.1 Å². The number of aryl methyl sites for hydroxylation is 1. The van der Waals surface area contributed by atoms with Crippen molar-refractivity contribution in [3.8, 4) is 11.5 Å². The number of halogens is 1. The highest BCUT2D eigenvalue weighted by Crippen LogP contribution is 2.39. The van der Waals surface area contributed by atoms with E-state index in [1.54, 1.807) is 43.3 Å². The van der Waals surface area contributed by atoms with Crippen LogP contribution in [0.15, 0.2) is 47.4 Å². The van der Waals surface area contributed by atoms with Crippen LogP contribution in [0.1, 0.15) is 58.6 Å². The second kappa shape index (κ2) is 14.1. The zero-order chi connectivity index (χ0) is 31.2. The van der Waals surface area contributed by atoms with Crippen molar-refractivity contribution in [2.45, 2.75) is 46.1 Å². The van der Waals surface area contributed by atoms with Crippen LogP contribution < -0.4 is 14.8 Å². The molecule has 12 heteroatoms. The number of hydrogen-bond acceptors (Lipinski definition) is 9. The molecule has 5 rings (SSSR count). The highest BCUT2D eigenvalue weighted by molar-refractivity contribution is 8.18. The quantitative estimate of drug-likeness (QED) is 0.185. The molecule has 2 aliphatic rings. The van der Waals surface area contributed by atoms with E-state index in [-0.39, 0.29) is 23.9 Å². The van der Waals surface area contributed by atoms with Gasteiger partial charge in [-0.2, -0.15) is 0 Å². The summed E-state index contributed by atoms with van der Waals surface area (Å²) in [6.45, 7) is 3.83. The number of carbonyl (C=O) groups excluding carboxylic acids is 4. The number of ether oxygens (including phenoxy) is 3. The molecule has 3 amide bonds. The molecule has 44 heavy (non-hydrogen) atoms. The highest BCUT2D eigenvalue weighted by atomic mass is 32.2. The van der Waals surface area contributed by atoms with Crippen molar-refractivity contribution < 1.29 is 37.8 Å². The minimum Gasteiger partial charge on any atom is -0.490 e. The minimum atomic E-state index is -0.596. The summed E-state index contributed by atoms with van der Waals surface area (Å²) in [6.07, 6.45) is 5.06. The topological polar surface area (TPSA) is 111 Å². The summed E-state index contributed by atoms with van der Waals surface area (Å²) in [4.78, 5) is 53.8. The van der Waals surface area contributed by atoms with Crippen molar-refractivity contribution in [1.82, 2.24) is 4.90 Å². The van der Waals surface area contributed by atoms with Gasteiger partial charge in [0.2, 0.25) is 5.91 Å². The Morgan fingerprint density at radius 3 is 2.52 bits per heavy atom. The molecule has 9 nitrogen and oxygen atoms in total. The third kappa shape index (κ3) is 7.13. The van der Waals surface area contributed by atoms with E-state index in [0.717, 1.165) is 58.3 Å². The lowest BCUT2D eigenvalue weighted by molar-refractivity contribution is -0.127. The molecule has 0 saturated carbocycles. The van der Waals surface area contributed by atoms with Gasteiger partial charge >= 0.3 is 5.97 Å². The highest BCUT2D eigenvalue weighted by Gasteiger charge is 2.37. The maximum absolute atomic E-state index is 13.2. The predicted molar refractivity (Wildman–Crippen MR) is 167 cm³/mol. The van der Waals surface area contributed by atoms with Crippen LogP contribution in [0.4, 0.5) is 14.2 Å². The normalized spacial score (nSPS) is 15.3. The maximum Gasteiger partial charge on any atom is 0.341 e. The summed E-state index contributed by atoms with van der Waals surface area (Å²) in [7, 11) is 0. The summed E-state index contributed by atoms with van der Waals surface area (Å²) in [5.74, 6) is -1.09. The first kappa shape index (κ1) is 31.3. The van der Waals surface area contributed by atoms with Crippen molar-refractivity contribution in [2.24, 2.45) is 0 Å². The SMILES string of the molecule is CCOC(=O)c1c(NC(=O)CN2C(=O)SC(=Cc3ccc(OCc4ccc(F)cc4)c(OCC)c3)C2=O)sc2c1CCCC2. The van der Waals surface area contributed by atoms with Gasteiger partial charge in [-0.25, -0.2) is 9.18 Å². The largest absolute Gasteiger partial charge is 0.490 e. The Morgan fingerprint density at radius 1 is 1.00 bits per heavy atom. The van der Waals surface area contributed by atoms with Crippen molar-refractivity contribution in [2.75, 3.05) is 25.1 Å². The van der Waals surface area contributed by atoms with E-state index in [0.29, 0.717) is 34.2 Å². The van der Waals surface area contributed by atoms with Gasteiger partial charge in [-0.3, -0.25) is 19.3 Å². The van der Waals surface area contributed by atoms with E-state index in [2.05, 4.69) is 5.32 Å². The van der Waals surface area contributed by atoms with Gasteiger partial charge in [0, 0.05) is 4.88 Å². The molecular formula is C32H31FN2O7S2.